The van der Waals surface area contributed by atoms with Crippen LogP contribution in [0.1, 0.15) is 35.2 Å². The standard InChI is InChI=1S/C14H19NO2/c1-9-3-6-11(13(7-9)17-2)14(16)12(15)8-10-4-5-10/h3,6-7,10,12H,4-5,8,15H2,1-2H3. The lowest BCUT2D eigenvalue weighted by molar-refractivity contribution is 0.0951. The zero-order chi connectivity index (χ0) is 12.4. The van der Waals surface area contributed by atoms with Gasteiger partial charge in [-0.1, -0.05) is 18.9 Å². The van der Waals surface area contributed by atoms with Crippen molar-refractivity contribution >= 4 is 5.78 Å². The van der Waals surface area contributed by atoms with Crippen molar-refractivity contribution in [2.75, 3.05) is 7.11 Å². The molecule has 1 aromatic rings. The summed E-state index contributed by atoms with van der Waals surface area (Å²) < 4.78 is 5.24. The van der Waals surface area contributed by atoms with Crippen molar-refractivity contribution in [2.45, 2.75) is 32.2 Å². The average Bonchev–Trinajstić information content (AvgIpc) is 3.11. The number of hydrogen-bond acceptors (Lipinski definition) is 3. The molecule has 0 heterocycles. The molecule has 0 amide bonds. The average molecular weight is 233 g/mol. The number of rotatable bonds is 5. The molecule has 0 saturated heterocycles. The van der Waals surface area contributed by atoms with Crippen LogP contribution in [-0.2, 0) is 0 Å². The summed E-state index contributed by atoms with van der Waals surface area (Å²) in [7, 11) is 1.58. The Morgan fingerprint density at radius 1 is 1.53 bits per heavy atom. The van der Waals surface area contributed by atoms with Gasteiger partial charge in [-0.3, -0.25) is 4.79 Å². The van der Waals surface area contributed by atoms with E-state index in [1.54, 1.807) is 7.11 Å². The van der Waals surface area contributed by atoms with E-state index in [1.807, 2.05) is 25.1 Å². The molecule has 1 fully saturated rings. The Labute approximate surface area is 102 Å². The first-order chi connectivity index (χ1) is 8.11. The Balaban J connectivity index is 2.16. The van der Waals surface area contributed by atoms with Gasteiger partial charge in [0, 0.05) is 0 Å². The van der Waals surface area contributed by atoms with Gasteiger partial charge in [0.25, 0.3) is 0 Å². The van der Waals surface area contributed by atoms with Crippen molar-refractivity contribution in [1.29, 1.82) is 0 Å². The molecule has 2 N–H and O–H groups in total. The Hall–Kier alpha value is -1.35. The molecule has 0 spiro atoms. The predicted octanol–water partition coefficient (Wildman–Crippen LogP) is 2.31. The Kier molecular flexibility index (Phi) is 3.48. The fraction of sp³-hybridized carbons (Fsp3) is 0.500. The lowest BCUT2D eigenvalue weighted by Crippen LogP contribution is -2.31. The van der Waals surface area contributed by atoms with Crippen LogP contribution in [0.25, 0.3) is 0 Å². The van der Waals surface area contributed by atoms with Crippen LogP contribution >= 0.6 is 0 Å². The van der Waals surface area contributed by atoms with Gasteiger partial charge in [-0.2, -0.15) is 0 Å². The SMILES string of the molecule is COc1cc(C)ccc1C(=O)C(N)CC1CC1. The van der Waals surface area contributed by atoms with E-state index in [4.69, 9.17) is 10.5 Å². The van der Waals surface area contributed by atoms with Crippen LogP contribution in [0.4, 0.5) is 0 Å². The molecule has 1 aromatic carbocycles. The fourth-order valence-corrected chi connectivity index (χ4v) is 2.02. The number of ether oxygens (including phenoxy) is 1. The number of nitrogens with two attached hydrogens (primary N) is 1. The minimum atomic E-state index is -0.390. The van der Waals surface area contributed by atoms with Crippen molar-refractivity contribution in [3.05, 3.63) is 29.3 Å². The highest BCUT2D eigenvalue weighted by Crippen LogP contribution is 2.34. The van der Waals surface area contributed by atoms with E-state index in [1.165, 1.54) is 12.8 Å². The molecule has 2 rings (SSSR count). The molecule has 3 heteroatoms. The van der Waals surface area contributed by atoms with Crippen LogP contribution in [0, 0.1) is 12.8 Å². The smallest absolute Gasteiger partial charge is 0.183 e. The monoisotopic (exact) mass is 233 g/mol. The highest BCUT2D eigenvalue weighted by molar-refractivity contribution is 6.02. The highest BCUT2D eigenvalue weighted by atomic mass is 16.5. The van der Waals surface area contributed by atoms with Gasteiger partial charge in [0.1, 0.15) is 5.75 Å². The maximum atomic E-state index is 12.2. The zero-order valence-electron chi connectivity index (χ0n) is 10.4. The van der Waals surface area contributed by atoms with E-state index in [0.717, 1.165) is 12.0 Å². The van der Waals surface area contributed by atoms with E-state index in [0.29, 0.717) is 17.2 Å². The number of Topliss-reactive ketones (excluding diaryl/α,β-unsaturated/α-hetero) is 1. The molecule has 1 aliphatic rings. The summed E-state index contributed by atoms with van der Waals surface area (Å²) in [4.78, 5) is 12.2. The molecule has 1 unspecified atom stereocenters. The molecule has 1 aliphatic carbocycles. The lowest BCUT2D eigenvalue weighted by atomic mass is 9.98. The summed E-state index contributed by atoms with van der Waals surface area (Å²) >= 11 is 0. The number of ketones is 1. The Morgan fingerprint density at radius 2 is 2.24 bits per heavy atom. The largest absolute Gasteiger partial charge is 0.496 e. The molecule has 0 radical (unpaired) electrons. The third-order valence-corrected chi connectivity index (χ3v) is 3.24. The zero-order valence-corrected chi connectivity index (χ0v) is 10.4. The lowest BCUT2D eigenvalue weighted by Gasteiger charge is -2.13. The van der Waals surface area contributed by atoms with Crippen LogP contribution in [0.15, 0.2) is 18.2 Å². The minimum Gasteiger partial charge on any atom is -0.496 e. The maximum absolute atomic E-state index is 12.2. The van der Waals surface area contributed by atoms with Gasteiger partial charge >= 0.3 is 0 Å². The van der Waals surface area contributed by atoms with E-state index < -0.39 is 0 Å². The van der Waals surface area contributed by atoms with Crippen LogP contribution in [0.5, 0.6) is 5.75 Å². The van der Waals surface area contributed by atoms with Crippen LogP contribution in [0.3, 0.4) is 0 Å². The molecule has 3 nitrogen and oxygen atoms in total. The van der Waals surface area contributed by atoms with Crippen molar-refractivity contribution in [3.8, 4) is 5.75 Å². The molecule has 0 bridgehead atoms. The summed E-state index contributed by atoms with van der Waals surface area (Å²) in [6, 6.07) is 5.21. The van der Waals surface area contributed by atoms with Crippen LogP contribution < -0.4 is 10.5 Å². The Bertz CT molecular complexity index is 424. The molecule has 1 saturated carbocycles. The van der Waals surface area contributed by atoms with Crippen LogP contribution in [-0.4, -0.2) is 18.9 Å². The van der Waals surface area contributed by atoms with Crippen molar-refractivity contribution in [2.24, 2.45) is 11.7 Å². The summed E-state index contributed by atoms with van der Waals surface area (Å²) in [5.74, 6) is 1.28. The second-order valence-electron chi connectivity index (χ2n) is 4.85. The molecular formula is C14H19NO2. The summed E-state index contributed by atoms with van der Waals surface area (Å²) in [5.41, 5.74) is 7.63. The summed E-state index contributed by atoms with van der Waals surface area (Å²) in [6.45, 7) is 1.97. The maximum Gasteiger partial charge on any atom is 0.183 e. The normalized spacial score (nSPS) is 16.6. The highest BCUT2D eigenvalue weighted by Gasteiger charge is 2.28. The van der Waals surface area contributed by atoms with Gasteiger partial charge in [0.05, 0.1) is 18.7 Å². The summed E-state index contributed by atoms with van der Waals surface area (Å²) in [6.07, 6.45) is 3.23. The van der Waals surface area contributed by atoms with Gasteiger partial charge in [-0.15, -0.1) is 0 Å². The first-order valence-electron chi connectivity index (χ1n) is 6.06. The van der Waals surface area contributed by atoms with Crippen molar-refractivity contribution < 1.29 is 9.53 Å². The van der Waals surface area contributed by atoms with Gasteiger partial charge < -0.3 is 10.5 Å². The van der Waals surface area contributed by atoms with E-state index in [9.17, 15) is 4.79 Å². The van der Waals surface area contributed by atoms with Gasteiger partial charge in [0.2, 0.25) is 0 Å². The number of aryl methyl sites for hydroxylation is 1. The summed E-state index contributed by atoms with van der Waals surface area (Å²) in [5, 5.41) is 0. The Morgan fingerprint density at radius 3 is 2.82 bits per heavy atom. The minimum absolute atomic E-state index is 0.00579. The van der Waals surface area contributed by atoms with Crippen LogP contribution in [0.2, 0.25) is 0 Å². The fourth-order valence-electron chi connectivity index (χ4n) is 2.02. The van der Waals surface area contributed by atoms with Gasteiger partial charge in [-0.25, -0.2) is 0 Å². The van der Waals surface area contributed by atoms with E-state index >= 15 is 0 Å². The number of methoxy groups -OCH3 is 1. The number of carbonyl (C=O) groups is 1. The number of hydrogen-bond donors (Lipinski definition) is 1. The number of carbonyl (C=O) groups excluding carboxylic acids is 1. The molecule has 1 atom stereocenters. The first-order valence-corrected chi connectivity index (χ1v) is 6.06. The van der Waals surface area contributed by atoms with Gasteiger partial charge in [0.15, 0.2) is 5.78 Å². The van der Waals surface area contributed by atoms with Crippen molar-refractivity contribution in [3.63, 3.8) is 0 Å². The number of benzene rings is 1. The van der Waals surface area contributed by atoms with E-state index in [2.05, 4.69) is 0 Å². The third-order valence-electron chi connectivity index (χ3n) is 3.24. The quantitative estimate of drug-likeness (QED) is 0.794. The topological polar surface area (TPSA) is 52.3 Å². The predicted molar refractivity (Wildman–Crippen MR) is 67.4 cm³/mol. The first kappa shape index (κ1) is 12.1. The molecular weight excluding hydrogens is 214 g/mol. The molecule has 17 heavy (non-hydrogen) atoms. The molecule has 0 aliphatic heterocycles. The third kappa shape index (κ3) is 2.86. The second kappa shape index (κ2) is 4.88. The van der Waals surface area contributed by atoms with Crippen molar-refractivity contribution in [1.82, 2.24) is 0 Å². The molecule has 0 aromatic heterocycles. The molecule has 92 valence electrons. The second-order valence-corrected chi connectivity index (χ2v) is 4.85. The van der Waals surface area contributed by atoms with Gasteiger partial charge in [-0.05, 0) is 37.0 Å². The van der Waals surface area contributed by atoms with E-state index in [-0.39, 0.29) is 11.8 Å².